The van der Waals surface area contributed by atoms with Crippen molar-refractivity contribution in [3.05, 3.63) is 48.5 Å². The Labute approximate surface area is 137 Å². The van der Waals surface area contributed by atoms with Crippen LogP contribution in [0.5, 0.6) is 0 Å². The minimum Gasteiger partial charge on any atom is -0.481 e. The van der Waals surface area contributed by atoms with Gasteiger partial charge in [0.1, 0.15) is 5.52 Å². The largest absolute Gasteiger partial charge is 0.481 e. The van der Waals surface area contributed by atoms with Gasteiger partial charge in [-0.2, -0.15) is 0 Å². The molecule has 0 aliphatic carbocycles. The van der Waals surface area contributed by atoms with Gasteiger partial charge in [-0.1, -0.05) is 18.2 Å². The van der Waals surface area contributed by atoms with Gasteiger partial charge >= 0.3 is 5.97 Å². The van der Waals surface area contributed by atoms with E-state index in [0.717, 1.165) is 5.56 Å². The topological polar surface area (TPSA) is 83.6 Å². The van der Waals surface area contributed by atoms with Gasteiger partial charge in [-0.15, -0.1) is 0 Å². The van der Waals surface area contributed by atoms with Crippen LogP contribution in [0.15, 0.2) is 52.9 Å². The molecule has 1 aliphatic rings. The van der Waals surface area contributed by atoms with Crippen molar-refractivity contribution in [2.75, 3.05) is 11.4 Å². The Morgan fingerprint density at radius 1 is 1.21 bits per heavy atom. The number of carboxylic acids is 1. The molecule has 24 heavy (non-hydrogen) atoms. The van der Waals surface area contributed by atoms with Crippen molar-refractivity contribution in [1.82, 2.24) is 4.98 Å². The molecule has 4 rings (SSSR count). The lowest BCUT2D eigenvalue weighted by Gasteiger charge is -2.15. The molecule has 1 atom stereocenters. The van der Waals surface area contributed by atoms with Gasteiger partial charge < -0.3 is 14.4 Å². The van der Waals surface area contributed by atoms with Crippen LogP contribution in [-0.2, 0) is 9.59 Å². The van der Waals surface area contributed by atoms with Gasteiger partial charge in [-0.05, 0) is 30.3 Å². The molecule has 120 valence electrons. The molecule has 1 fully saturated rings. The summed E-state index contributed by atoms with van der Waals surface area (Å²) in [6.45, 7) is 0.184. The summed E-state index contributed by atoms with van der Waals surface area (Å²) in [5.74, 6) is -1.28. The average molecular weight is 322 g/mol. The van der Waals surface area contributed by atoms with Gasteiger partial charge in [0.25, 0.3) is 0 Å². The van der Waals surface area contributed by atoms with Gasteiger partial charge in [0.15, 0.2) is 5.58 Å². The minimum atomic E-state index is -0.945. The summed E-state index contributed by atoms with van der Waals surface area (Å²) in [6.07, 6.45) is 0.0292. The van der Waals surface area contributed by atoms with Crippen LogP contribution in [0.1, 0.15) is 6.42 Å². The number of aromatic nitrogens is 1. The van der Waals surface area contributed by atoms with E-state index in [1.54, 1.807) is 18.2 Å². The van der Waals surface area contributed by atoms with Crippen LogP contribution >= 0.6 is 0 Å². The Morgan fingerprint density at radius 3 is 2.71 bits per heavy atom. The van der Waals surface area contributed by atoms with Crippen LogP contribution in [0.3, 0.4) is 0 Å². The molecule has 2 aromatic carbocycles. The second-order valence-corrected chi connectivity index (χ2v) is 5.78. The van der Waals surface area contributed by atoms with Crippen LogP contribution in [0.4, 0.5) is 5.69 Å². The van der Waals surface area contributed by atoms with Crippen LogP contribution in [0.2, 0.25) is 0 Å². The number of rotatable bonds is 3. The summed E-state index contributed by atoms with van der Waals surface area (Å²) in [5, 5.41) is 9.09. The summed E-state index contributed by atoms with van der Waals surface area (Å²) in [5.41, 5.74) is 2.78. The number of fused-ring (bicyclic) bond motifs is 1. The molecule has 6 heteroatoms. The van der Waals surface area contributed by atoms with E-state index in [0.29, 0.717) is 22.7 Å². The maximum Gasteiger partial charge on any atom is 0.308 e. The number of anilines is 1. The van der Waals surface area contributed by atoms with E-state index in [2.05, 4.69) is 4.98 Å². The number of hydrogen-bond acceptors (Lipinski definition) is 4. The normalized spacial score (nSPS) is 17.6. The van der Waals surface area contributed by atoms with E-state index < -0.39 is 11.9 Å². The summed E-state index contributed by atoms with van der Waals surface area (Å²) >= 11 is 0. The van der Waals surface area contributed by atoms with E-state index >= 15 is 0 Å². The Balaban J connectivity index is 1.69. The fourth-order valence-corrected chi connectivity index (χ4v) is 2.91. The second kappa shape index (κ2) is 5.49. The Morgan fingerprint density at radius 2 is 2.00 bits per heavy atom. The molecule has 0 saturated carbocycles. The quantitative estimate of drug-likeness (QED) is 0.801. The zero-order valence-corrected chi connectivity index (χ0v) is 12.7. The predicted octanol–water partition coefficient (Wildman–Crippen LogP) is 2.93. The number of benzene rings is 2. The lowest BCUT2D eigenvalue weighted by atomic mass is 10.1. The van der Waals surface area contributed by atoms with Crippen LogP contribution in [0.25, 0.3) is 22.6 Å². The number of carbonyl (C=O) groups excluding carboxylic acids is 1. The Kier molecular flexibility index (Phi) is 3.30. The zero-order chi connectivity index (χ0) is 16.7. The number of nitrogens with zero attached hydrogens (tertiary/aromatic N) is 2. The van der Waals surface area contributed by atoms with Crippen molar-refractivity contribution in [2.45, 2.75) is 6.42 Å². The number of amides is 1. The number of hydrogen-bond donors (Lipinski definition) is 1. The second-order valence-electron chi connectivity index (χ2n) is 5.78. The molecule has 0 radical (unpaired) electrons. The third kappa shape index (κ3) is 2.42. The molecule has 1 aliphatic heterocycles. The molecule has 3 aromatic rings. The molecule has 0 unspecified atom stereocenters. The molecular weight excluding hydrogens is 308 g/mol. The van der Waals surface area contributed by atoms with Gasteiger partial charge in [0.2, 0.25) is 11.8 Å². The molecule has 0 spiro atoms. The highest BCUT2D eigenvalue weighted by atomic mass is 16.4. The lowest BCUT2D eigenvalue weighted by Crippen LogP contribution is -2.25. The maximum absolute atomic E-state index is 12.1. The van der Waals surface area contributed by atoms with E-state index in [-0.39, 0.29) is 18.9 Å². The Bertz CT molecular complexity index is 933. The monoisotopic (exact) mass is 322 g/mol. The van der Waals surface area contributed by atoms with Crippen molar-refractivity contribution >= 4 is 28.7 Å². The molecule has 0 bridgehead atoms. The van der Waals surface area contributed by atoms with E-state index in [9.17, 15) is 9.59 Å². The van der Waals surface area contributed by atoms with Gasteiger partial charge in [-0.3, -0.25) is 9.59 Å². The lowest BCUT2D eigenvalue weighted by molar-refractivity contribution is -0.141. The number of aliphatic carboxylic acids is 1. The van der Waals surface area contributed by atoms with Crippen molar-refractivity contribution in [3.8, 4) is 11.5 Å². The highest BCUT2D eigenvalue weighted by molar-refractivity contribution is 6.00. The SMILES string of the molecule is O=C(O)[C@@H]1CC(=O)N(c2ccc3oc(-c4ccccc4)nc3c2)C1. The van der Waals surface area contributed by atoms with Crippen molar-refractivity contribution < 1.29 is 19.1 Å². The van der Waals surface area contributed by atoms with Gasteiger partial charge in [0.05, 0.1) is 5.92 Å². The predicted molar refractivity (Wildman–Crippen MR) is 87.5 cm³/mol. The fourth-order valence-electron chi connectivity index (χ4n) is 2.91. The smallest absolute Gasteiger partial charge is 0.308 e. The summed E-state index contributed by atoms with van der Waals surface area (Å²) < 4.78 is 5.75. The molecule has 1 amide bonds. The first-order chi connectivity index (χ1) is 11.6. The maximum atomic E-state index is 12.1. The number of oxazole rings is 1. The van der Waals surface area contributed by atoms with E-state index in [1.165, 1.54) is 4.90 Å². The van der Waals surface area contributed by atoms with E-state index in [1.807, 2.05) is 30.3 Å². The molecule has 6 nitrogen and oxygen atoms in total. The van der Waals surface area contributed by atoms with Crippen molar-refractivity contribution in [1.29, 1.82) is 0 Å². The first-order valence-corrected chi connectivity index (χ1v) is 7.61. The third-order valence-electron chi connectivity index (χ3n) is 4.18. The minimum absolute atomic E-state index is 0.0292. The first-order valence-electron chi connectivity index (χ1n) is 7.61. The zero-order valence-electron chi connectivity index (χ0n) is 12.7. The third-order valence-corrected chi connectivity index (χ3v) is 4.18. The first kappa shape index (κ1) is 14.4. The Hall–Kier alpha value is -3.15. The number of carboxylic acid groups (broad SMARTS) is 1. The fraction of sp³-hybridized carbons (Fsp3) is 0.167. The van der Waals surface area contributed by atoms with Gasteiger partial charge in [-0.25, -0.2) is 4.98 Å². The van der Waals surface area contributed by atoms with E-state index in [4.69, 9.17) is 9.52 Å². The molecule has 1 aromatic heterocycles. The number of carbonyl (C=O) groups is 2. The van der Waals surface area contributed by atoms with Gasteiger partial charge in [0, 0.05) is 24.2 Å². The van der Waals surface area contributed by atoms with Crippen molar-refractivity contribution in [2.24, 2.45) is 5.92 Å². The molecule has 2 heterocycles. The summed E-state index contributed by atoms with van der Waals surface area (Å²) in [6, 6.07) is 14.8. The van der Waals surface area contributed by atoms with Crippen molar-refractivity contribution in [3.63, 3.8) is 0 Å². The summed E-state index contributed by atoms with van der Waals surface area (Å²) in [4.78, 5) is 29.1. The highest BCUT2D eigenvalue weighted by Gasteiger charge is 2.35. The highest BCUT2D eigenvalue weighted by Crippen LogP contribution is 2.30. The van der Waals surface area contributed by atoms with Crippen LogP contribution in [0, 0.1) is 5.92 Å². The average Bonchev–Trinajstić information content (AvgIpc) is 3.18. The standard InChI is InChI=1S/C18H14N2O4/c21-16-8-12(18(22)23)10-20(16)13-6-7-15-14(9-13)19-17(24-15)11-4-2-1-3-5-11/h1-7,9,12H,8,10H2,(H,22,23)/t12-/m1/s1. The van der Waals surface area contributed by atoms with Crippen LogP contribution in [-0.4, -0.2) is 28.5 Å². The molecular formula is C18H14N2O4. The molecule has 1 saturated heterocycles. The molecule has 1 N–H and O–H groups in total. The summed E-state index contributed by atoms with van der Waals surface area (Å²) in [7, 11) is 0. The van der Waals surface area contributed by atoms with Crippen LogP contribution < -0.4 is 4.90 Å².